The van der Waals surface area contributed by atoms with Crippen LogP contribution >= 0.6 is 0 Å². The first kappa shape index (κ1) is 21.0. The molecule has 1 aromatic heterocycles. The molecule has 0 fully saturated rings. The minimum atomic E-state index is -0.552. The quantitative estimate of drug-likeness (QED) is 0.421. The van der Waals surface area contributed by atoms with Gasteiger partial charge in [0, 0.05) is 12.6 Å². The highest BCUT2D eigenvalue weighted by molar-refractivity contribution is 5.89. The third-order valence-corrected chi connectivity index (χ3v) is 6.06. The molecule has 4 aromatic rings. The van der Waals surface area contributed by atoms with Crippen LogP contribution in [0.25, 0.3) is 11.0 Å². The van der Waals surface area contributed by atoms with Crippen LogP contribution < -0.4 is 10.3 Å². The summed E-state index contributed by atoms with van der Waals surface area (Å²) in [4.78, 5) is 30.1. The van der Waals surface area contributed by atoms with Crippen LogP contribution in [0.15, 0.2) is 94.1 Å². The molecule has 0 radical (unpaired) electrons. The lowest BCUT2D eigenvalue weighted by Crippen LogP contribution is -2.48. The Balaban J connectivity index is 1.52. The zero-order chi connectivity index (χ0) is 22.8. The van der Waals surface area contributed by atoms with Gasteiger partial charge >= 0.3 is 6.09 Å². The van der Waals surface area contributed by atoms with Gasteiger partial charge in [-0.15, -0.1) is 0 Å². The zero-order valence-electron chi connectivity index (χ0n) is 18.3. The number of carbonyl (C=O) groups is 1. The van der Waals surface area contributed by atoms with Gasteiger partial charge in [0.25, 0.3) is 0 Å². The maximum atomic E-state index is 13.4. The fourth-order valence-corrected chi connectivity index (χ4v) is 4.16. The molecule has 166 valence electrons. The second-order valence-electron chi connectivity index (χ2n) is 8.15. The molecule has 0 aliphatic carbocycles. The van der Waals surface area contributed by atoms with E-state index in [4.69, 9.17) is 9.15 Å². The van der Waals surface area contributed by atoms with Crippen molar-refractivity contribution in [2.75, 3.05) is 11.6 Å². The number of nitrogens with zero attached hydrogens (tertiary/aromatic N) is 2. The number of anilines is 1. The second kappa shape index (κ2) is 8.92. The molecule has 6 heteroatoms. The van der Waals surface area contributed by atoms with Crippen LogP contribution in [-0.4, -0.2) is 17.7 Å². The fourth-order valence-electron chi connectivity index (χ4n) is 4.16. The van der Waals surface area contributed by atoms with E-state index in [-0.39, 0.29) is 30.6 Å². The van der Waals surface area contributed by atoms with E-state index in [9.17, 15) is 9.59 Å². The Hall–Kier alpha value is -3.90. The van der Waals surface area contributed by atoms with Crippen LogP contribution in [0.3, 0.4) is 0 Å². The third-order valence-electron chi connectivity index (χ3n) is 6.06. The molecule has 0 unspecified atom stereocenters. The number of para-hydroxylation sites is 1. The maximum Gasteiger partial charge on any atom is 0.418 e. The number of rotatable bonds is 4. The van der Waals surface area contributed by atoms with Crippen molar-refractivity contribution < 1.29 is 13.9 Å². The van der Waals surface area contributed by atoms with Gasteiger partial charge in [-0.3, -0.25) is 9.69 Å². The van der Waals surface area contributed by atoms with E-state index >= 15 is 0 Å². The minimum absolute atomic E-state index is 0.0188. The summed E-state index contributed by atoms with van der Waals surface area (Å²) in [5.41, 5.74) is 2.77. The zero-order valence-corrected chi connectivity index (χ0v) is 18.3. The lowest BCUT2D eigenvalue weighted by molar-refractivity contribution is 0.128. The van der Waals surface area contributed by atoms with Gasteiger partial charge in [-0.25, -0.2) is 9.69 Å². The molecule has 1 aliphatic rings. The molecule has 0 spiro atoms. The predicted molar refractivity (Wildman–Crippen MR) is 127 cm³/mol. The Morgan fingerprint density at radius 2 is 1.64 bits per heavy atom. The Bertz CT molecular complexity index is 1330. The van der Waals surface area contributed by atoms with E-state index in [2.05, 4.69) is 11.8 Å². The van der Waals surface area contributed by atoms with E-state index in [1.165, 1.54) is 4.90 Å². The highest BCUT2D eigenvalue weighted by Gasteiger charge is 2.35. The molecule has 6 nitrogen and oxygen atoms in total. The van der Waals surface area contributed by atoms with Crippen LogP contribution in [0.2, 0.25) is 0 Å². The third kappa shape index (κ3) is 4.13. The van der Waals surface area contributed by atoms with E-state index in [1.54, 1.807) is 12.1 Å². The molecule has 3 aromatic carbocycles. The van der Waals surface area contributed by atoms with E-state index in [0.29, 0.717) is 23.1 Å². The molecule has 33 heavy (non-hydrogen) atoms. The minimum Gasteiger partial charge on any atom is -0.444 e. The summed E-state index contributed by atoms with van der Waals surface area (Å²) in [6.45, 7) is 2.83. The first-order valence-corrected chi connectivity index (χ1v) is 10.9. The highest BCUT2D eigenvalue weighted by atomic mass is 16.6. The Kier molecular flexibility index (Phi) is 5.67. The number of hydrogen-bond donors (Lipinski definition) is 0. The first-order chi connectivity index (χ1) is 16.1. The van der Waals surface area contributed by atoms with Crippen LogP contribution in [0.4, 0.5) is 10.7 Å². The topological polar surface area (TPSA) is 63.0 Å². The monoisotopic (exact) mass is 440 g/mol. The van der Waals surface area contributed by atoms with E-state index in [1.807, 2.05) is 72.8 Å². The summed E-state index contributed by atoms with van der Waals surface area (Å²) < 4.78 is 11.7. The van der Waals surface area contributed by atoms with Gasteiger partial charge in [-0.05, 0) is 30.2 Å². The molecular weight excluding hydrogens is 416 g/mol. The molecule has 2 heterocycles. The highest BCUT2D eigenvalue weighted by Crippen LogP contribution is 2.33. The Morgan fingerprint density at radius 3 is 2.39 bits per heavy atom. The molecule has 1 aliphatic heterocycles. The summed E-state index contributed by atoms with van der Waals surface area (Å²) in [6.07, 6.45) is -0.552. The van der Waals surface area contributed by atoms with Gasteiger partial charge in [0.1, 0.15) is 12.2 Å². The van der Waals surface area contributed by atoms with Crippen LogP contribution in [0, 0.1) is 0 Å². The van der Waals surface area contributed by atoms with Gasteiger partial charge in [0.05, 0.1) is 17.6 Å². The standard InChI is InChI=1S/C27H24N2O4/c1-19(21-12-6-3-7-13-21)28-16-23-25(30)22-14-8-9-15-24(22)33-26(23)29(18-28)27(31)32-17-20-10-4-2-5-11-20/h2-15,19H,16-18H2,1H3/t19-/m0/s1. The van der Waals surface area contributed by atoms with Gasteiger partial charge < -0.3 is 9.15 Å². The van der Waals surface area contributed by atoms with Crippen molar-refractivity contribution >= 4 is 22.9 Å². The number of benzene rings is 3. The number of ether oxygens (including phenoxy) is 1. The second-order valence-corrected chi connectivity index (χ2v) is 8.15. The molecular formula is C27H24N2O4. The fraction of sp³-hybridized carbons (Fsp3) is 0.185. The van der Waals surface area contributed by atoms with Gasteiger partial charge in [-0.1, -0.05) is 72.8 Å². The molecule has 5 rings (SSSR count). The lowest BCUT2D eigenvalue weighted by atomic mass is 10.0. The largest absolute Gasteiger partial charge is 0.444 e. The number of fused-ring (bicyclic) bond motifs is 2. The van der Waals surface area contributed by atoms with Gasteiger partial charge in [0.2, 0.25) is 5.88 Å². The number of hydrogen-bond acceptors (Lipinski definition) is 5. The molecule has 0 N–H and O–H groups in total. The van der Waals surface area contributed by atoms with Crippen molar-refractivity contribution in [3.05, 3.63) is 112 Å². The summed E-state index contributed by atoms with van der Waals surface area (Å²) in [5, 5.41) is 0.503. The Morgan fingerprint density at radius 1 is 0.970 bits per heavy atom. The number of carbonyl (C=O) groups excluding carboxylic acids is 1. The molecule has 0 bridgehead atoms. The Labute approximate surface area is 191 Å². The van der Waals surface area contributed by atoms with Crippen molar-refractivity contribution in [1.82, 2.24) is 4.90 Å². The summed E-state index contributed by atoms with van der Waals surface area (Å²) in [7, 11) is 0. The molecule has 0 saturated heterocycles. The van der Waals surface area contributed by atoms with Crippen molar-refractivity contribution in [2.45, 2.75) is 26.1 Å². The normalized spacial score (nSPS) is 14.6. The average molecular weight is 440 g/mol. The first-order valence-electron chi connectivity index (χ1n) is 10.9. The summed E-state index contributed by atoms with van der Waals surface area (Å²) in [5.74, 6) is 0.258. The molecule has 1 amide bonds. The smallest absolute Gasteiger partial charge is 0.418 e. The SMILES string of the molecule is C[C@@H](c1ccccc1)N1Cc2c(oc3ccccc3c2=O)N(C(=O)OCc2ccccc2)C1. The molecule has 1 atom stereocenters. The van der Waals surface area contributed by atoms with Crippen LogP contribution in [0.5, 0.6) is 0 Å². The molecule has 0 saturated carbocycles. The summed E-state index contributed by atoms with van der Waals surface area (Å²) >= 11 is 0. The maximum absolute atomic E-state index is 13.4. The van der Waals surface area contributed by atoms with Crippen molar-refractivity contribution in [1.29, 1.82) is 0 Å². The predicted octanol–water partition coefficient (Wildman–Crippen LogP) is 5.47. The van der Waals surface area contributed by atoms with E-state index < -0.39 is 6.09 Å². The van der Waals surface area contributed by atoms with Crippen molar-refractivity contribution in [3.63, 3.8) is 0 Å². The van der Waals surface area contributed by atoms with Crippen molar-refractivity contribution in [3.8, 4) is 0 Å². The van der Waals surface area contributed by atoms with Crippen LogP contribution in [-0.2, 0) is 17.9 Å². The van der Waals surface area contributed by atoms with Gasteiger partial charge in [-0.2, -0.15) is 0 Å². The van der Waals surface area contributed by atoms with Gasteiger partial charge in [0.15, 0.2) is 5.43 Å². The lowest BCUT2D eigenvalue weighted by Gasteiger charge is -2.38. The average Bonchev–Trinajstić information content (AvgIpc) is 2.88. The van der Waals surface area contributed by atoms with Crippen LogP contribution in [0.1, 0.15) is 29.7 Å². The summed E-state index contributed by atoms with van der Waals surface area (Å²) in [6, 6.07) is 26.6. The van der Waals surface area contributed by atoms with E-state index in [0.717, 1.165) is 11.1 Å². The van der Waals surface area contributed by atoms with Crippen molar-refractivity contribution in [2.24, 2.45) is 0 Å². The number of amides is 1.